The molecular formula is C22H16ClF2N3S. The second kappa shape index (κ2) is 8.35. The van der Waals surface area contributed by atoms with Crippen molar-refractivity contribution in [2.24, 2.45) is 0 Å². The normalized spacial score (nSPS) is 11.0. The first-order chi connectivity index (χ1) is 14.1. The summed E-state index contributed by atoms with van der Waals surface area (Å²) in [4.78, 5) is 0. The Morgan fingerprint density at radius 1 is 0.897 bits per heavy atom. The summed E-state index contributed by atoms with van der Waals surface area (Å²) in [6.07, 6.45) is 0. The van der Waals surface area contributed by atoms with Crippen LogP contribution in [0.5, 0.6) is 0 Å². The molecule has 0 amide bonds. The minimum Gasteiger partial charge on any atom is -0.270 e. The first-order valence-corrected chi connectivity index (χ1v) is 10.2. The highest BCUT2D eigenvalue weighted by atomic mass is 35.5. The number of rotatable bonds is 5. The van der Waals surface area contributed by atoms with Gasteiger partial charge in [0.2, 0.25) is 0 Å². The summed E-state index contributed by atoms with van der Waals surface area (Å²) in [7, 11) is 0. The molecule has 0 bridgehead atoms. The molecule has 0 spiro atoms. The number of para-hydroxylation sites is 1. The second-order valence-electron chi connectivity index (χ2n) is 6.40. The third-order valence-corrected chi connectivity index (χ3v) is 5.82. The number of hydrogen-bond donors (Lipinski definition) is 0. The SMILES string of the molecule is Cc1ccccc1-n1c(SCc2c(F)cccc2Cl)nnc1-c1ccccc1F. The van der Waals surface area contributed by atoms with Crippen LogP contribution in [0.25, 0.3) is 17.1 Å². The number of nitrogens with zero attached hydrogens (tertiary/aromatic N) is 3. The maximum absolute atomic E-state index is 14.5. The summed E-state index contributed by atoms with van der Waals surface area (Å²) in [6, 6.07) is 18.7. The molecule has 1 heterocycles. The number of aryl methyl sites for hydroxylation is 1. The Balaban J connectivity index is 1.81. The van der Waals surface area contributed by atoms with E-state index >= 15 is 0 Å². The van der Waals surface area contributed by atoms with Crippen molar-refractivity contribution in [1.82, 2.24) is 14.8 Å². The van der Waals surface area contributed by atoms with Gasteiger partial charge in [0.05, 0.1) is 11.3 Å². The largest absolute Gasteiger partial charge is 0.270 e. The molecule has 3 aromatic carbocycles. The van der Waals surface area contributed by atoms with E-state index in [-0.39, 0.29) is 17.4 Å². The summed E-state index contributed by atoms with van der Waals surface area (Å²) in [5.74, 6) is -0.100. The summed E-state index contributed by atoms with van der Waals surface area (Å²) in [5.41, 5.74) is 2.55. The maximum atomic E-state index is 14.5. The van der Waals surface area contributed by atoms with Crippen LogP contribution in [0.4, 0.5) is 8.78 Å². The highest BCUT2D eigenvalue weighted by molar-refractivity contribution is 7.98. The summed E-state index contributed by atoms with van der Waals surface area (Å²) in [5, 5.41) is 9.40. The van der Waals surface area contributed by atoms with Crippen molar-refractivity contribution in [2.75, 3.05) is 0 Å². The molecule has 0 fully saturated rings. The summed E-state index contributed by atoms with van der Waals surface area (Å²) >= 11 is 7.45. The molecule has 0 radical (unpaired) electrons. The minimum absolute atomic E-state index is 0.271. The Labute approximate surface area is 176 Å². The van der Waals surface area contributed by atoms with Crippen molar-refractivity contribution >= 4 is 23.4 Å². The lowest BCUT2D eigenvalue weighted by molar-refractivity contribution is 0.617. The van der Waals surface area contributed by atoms with E-state index in [2.05, 4.69) is 10.2 Å². The van der Waals surface area contributed by atoms with Gasteiger partial charge in [0, 0.05) is 16.3 Å². The van der Waals surface area contributed by atoms with Gasteiger partial charge in [-0.2, -0.15) is 0 Å². The zero-order valence-corrected chi connectivity index (χ0v) is 17.0. The van der Waals surface area contributed by atoms with Gasteiger partial charge >= 0.3 is 0 Å². The molecule has 0 aliphatic carbocycles. The third-order valence-electron chi connectivity index (χ3n) is 4.51. The quantitative estimate of drug-likeness (QED) is 0.342. The second-order valence-corrected chi connectivity index (χ2v) is 7.75. The number of hydrogen-bond acceptors (Lipinski definition) is 3. The molecule has 7 heteroatoms. The van der Waals surface area contributed by atoms with Gasteiger partial charge in [-0.15, -0.1) is 10.2 Å². The van der Waals surface area contributed by atoms with Crippen molar-refractivity contribution in [3.63, 3.8) is 0 Å². The Bertz CT molecular complexity index is 1160. The van der Waals surface area contributed by atoms with E-state index < -0.39 is 0 Å². The molecule has 4 aromatic rings. The van der Waals surface area contributed by atoms with E-state index in [9.17, 15) is 8.78 Å². The van der Waals surface area contributed by atoms with Crippen molar-refractivity contribution < 1.29 is 8.78 Å². The van der Waals surface area contributed by atoms with Crippen molar-refractivity contribution in [2.45, 2.75) is 17.8 Å². The highest BCUT2D eigenvalue weighted by Gasteiger charge is 2.20. The van der Waals surface area contributed by atoms with E-state index in [1.807, 2.05) is 31.2 Å². The van der Waals surface area contributed by atoms with Gasteiger partial charge in [-0.3, -0.25) is 4.57 Å². The zero-order chi connectivity index (χ0) is 20.4. The van der Waals surface area contributed by atoms with Gasteiger partial charge in [0.1, 0.15) is 11.6 Å². The van der Waals surface area contributed by atoms with Crippen LogP contribution in [0, 0.1) is 18.6 Å². The van der Waals surface area contributed by atoms with E-state index in [0.717, 1.165) is 11.3 Å². The maximum Gasteiger partial charge on any atom is 0.196 e. The van der Waals surface area contributed by atoms with Crippen molar-refractivity contribution in [3.05, 3.63) is 94.5 Å². The predicted molar refractivity (Wildman–Crippen MR) is 112 cm³/mol. The first-order valence-electron chi connectivity index (χ1n) is 8.88. The number of halogens is 3. The van der Waals surface area contributed by atoms with Gasteiger partial charge < -0.3 is 0 Å². The molecular weight excluding hydrogens is 412 g/mol. The average molecular weight is 428 g/mol. The molecule has 0 saturated heterocycles. The molecule has 4 rings (SSSR count). The average Bonchev–Trinajstić information content (AvgIpc) is 3.12. The fraction of sp³-hybridized carbons (Fsp3) is 0.0909. The van der Waals surface area contributed by atoms with E-state index in [1.54, 1.807) is 34.9 Å². The first kappa shape index (κ1) is 19.6. The molecule has 0 atom stereocenters. The van der Waals surface area contributed by atoms with Gasteiger partial charge in [-0.25, -0.2) is 8.78 Å². The molecule has 0 aliphatic heterocycles. The van der Waals surface area contributed by atoms with Crippen LogP contribution >= 0.6 is 23.4 Å². The van der Waals surface area contributed by atoms with Crippen LogP contribution in [0.1, 0.15) is 11.1 Å². The topological polar surface area (TPSA) is 30.7 Å². The van der Waals surface area contributed by atoms with Crippen LogP contribution in [-0.2, 0) is 5.75 Å². The lowest BCUT2D eigenvalue weighted by Crippen LogP contribution is -2.03. The molecule has 0 aliphatic rings. The third kappa shape index (κ3) is 3.91. The zero-order valence-electron chi connectivity index (χ0n) is 15.4. The fourth-order valence-corrected chi connectivity index (χ4v) is 4.31. The number of benzene rings is 3. The highest BCUT2D eigenvalue weighted by Crippen LogP contribution is 2.33. The Morgan fingerprint density at radius 3 is 2.38 bits per heavy atom. The van der Waals surface area contributed by atoms with Crippen LogP contribution in [0.15, 0.2) is 71.9 Å². The Kier molecular flexibility index (Phi) is 5.65. The lowest BCUT2D eigenvalue weighted by Gasteiger charge is -2.13. The van der Waals surface area contributed by atoms with Gasteiger partial charge in [0.25, 0.3) is 0 Å². The number of aromatic nitrogens is 3. The number of thioether (sulfide) groups is 1. The fourth-order valence-electron chi connectivity index (χ4n) is 3.02. The van der Waals surface area contributed by atoms with Gasteiger partial charge in [-0.05, 0) is 42.8 Å². The van der Waals surface area contributed by atoms with E-state index in [4.69, 9.17) is 11.6 Å². The molecule has 0 unspecified atom stereocenters. The van der Waals surface area contributed by atoms with Crippen LogP contribution in [0.3, 0.4) is 0 Å². The summed E-state index contributed by atoms with van der Waals surface area (Å²) < 4.78 is 30.5. The molecule has 0 saturated carbocycles. The Hall–Kier alpha value is -2.70. The van der Waals surface area contributed by atoms with E-state index in [0.29, 0.717) is 27.1 Å². The standard InChI is InChI=1S/C22H16ClF2N3S/c1-14-7-2-5-12-20(14)28-21(15-8-3-4-10-18(15)24)26-27-22(28)29-13-16-17(23)9-6-11-19(16)25/h2-12H,13H2,1H3. The predicted octanol–water partition coefficient (Wildman–Crippen LogP) is 6.47. The Morgan fingerprint density at radius 2 is 1.62 bits per heavy atom. The summed E-state index contributed by atoms with van der Waals surface area (Å²) in [6.45, 7) is 1.96. The van der Waals surface area contributed by atoms with Crippen LogP contribution in [-0.4, -0.2) is 14.8 Å². The van der Waals surface area contributed by atoms with Crippen molar-refractivity contribution in [1.29, 1.82) is 0 Å². The monoisotopic (exact) mass is 427 g/mol. The molecule has 29 heavy (non-hydrogen) atoms. The minimum atomic E-state index is -0.386. The van der Waals surface area contributed by atoms with Crippen LogP contribution in [0.2, 0.25) is 5.02 Å². The van der Waals surface area contributed by atoms with Gasteiger partial charge in [0.15, 0.2) is 11.0 Å². The lowest BCUT2D eigenvalue weighted by atomic mass is 10.1. The molecule has 0 N–H and O–H groups in total. The van der Waals surface area contributed by atoms with Crippen molar-refractivity contribution in [3.8, 4) is 17.1 Å². The smallest absolute Gasteiger partial charge is 0.196 e. The van der Waals surface area contributed by atoms with Crippen LogP contribution < -0.4 is 0 Å². The van der Waals surface area contributed by atoms with Gasteiger partial charge in [-0.1, -0.05) is 59.8 Å². The molecule has 1 aromatic heterocycles. The molecule has 146 valence electrons. The molecule has 3 nitrogen and oxygen atoms in total. The van der Waals surface area contributed by atoms with E-state index in [1.165, 1.54) is 23.9 Å².